The summed E-state index contributed by atoms with van der Waals surface area (Å²) in [4.78, 5) is 36.4. The molecular formula is C18H17N3O5. The molecule has 3 rings (SSSR count). The van der Waals surface area contributed by atoms with Crippen LogP contribution >= 0.6 is 0 Å². The number of non-ortho nitro benzene ring substituents is 1. The first-order valence-corrected chi connectivity index (χ1v) is 7.98. The maximum absolute atomic E-state index is 12.5. The van der Waals surface area contributed by atoms with E-state index in [-0.39, 0.29) is 18.1 Å². The summed E-state index contributed by atoms with van der Waals surface area (Å²) in [6.07, 6.45) is -0.683. The van der Waals surface area contributed by atoms with Crippen LogP contribution in [0.2, 0.25) is 0 Å². The van der Waals surface area contributed by atoms with E-state index in [0.717, 1.165) is 5.56 Å². The molecule has 1 N–H and O–H groups in total. The first-order valence-electron chi connectivity index (χ1n) is 7.98. The summed E-state index contributed by atoms with van der Waals surface area (Å²) in [5.74, 6) is -0.165. The molecule has 0 aliphatic carbocycles. The number of rotatable bonds is 4. The van der Waals surface area contributed by atoms with Gasteiger partial charge in [-0.25, -0.2) is 0 Å². The topological polar surface area (TPSA) is 102 Å². The molecule has 0 saturated carbocycles. The Balaban J connectivity index is 1.77. The minimum atomic E-state index is -0.683. The third-order valence-corrected chi connectivity index (χ3v) is 3.99. The van der Waals surface area contributed by atoms with E-state index in [1.807, 2.05) is 13.0 Å². The molecule has 2 aromatic carbocycles. The predicted octanol–water partition coefficient (Wildman–Crippen LogP) is 2.66. The van der Waals surface area contributed by atoms with Crippen LogP contribution in [0.15, 0.2) is 42.5 Å². The Hall–Kier alpha value is -3.42. The molecule has 2 aromatic rings. The second-order valence-electron chi connectivity index (χ2n) is 6.01. The number of carbonyl (C=O) groups is 2. The number of carbonyl (C=O) groups excluding carboxylic acids is 2. The van der Waals surface area contributed by atoms with E-state index in [1.165, 1.54) is 29.2 Å². The number of ether oxygens (including phenoxy) is 1. The molecule has 26 heavy (non-hydrogen) atoms. The van der Waals surface area contributed by atoms with E-state index in [1.54, 1.807) is 19.1 Å². The molecule has 8 nitrogen and oxygen atoms in total. The lowest BCUT2D eigenvalue weighted by Crippen LogP contribution is -2.47. The van der Waals surface area contributed by atoms with Gasteiger partial charge in [0.05, 0.1) is 10.6 Å². The zero-order chi connectivity index (χ0) is 18.8. The Bertz CT molecular complexity index is 879. The summed E-state index contributed by atoms with van der Waals surface area (Å²) < 4.78 is 5.58. The van der Waals surface area contributed by atoms with Crippen LogP contribution in [0.25, 0.3) is 0 Å². The monoisotopic (exact) mass is 355 g/mol. The molecule has 1 unspecified atom stereocenters. The van der Waals surface area contributed by atoms with E-state index < -0.39 is 16.9 Å². The molecule has 0 bridgehead atoms. The molecule has 1 heterocycles. The SMILES string of the molecule is Cc1ccc2c(c1)N(CC(=O)Nc1ccc([N+](=O)[O-])cc1)C(=O)C(C)O2. The van der Waals surface area contributed by atoms with E-state index in [2.05, 4.69) is 5.32 Å². The van der Waals surface area contributed by atoms with Gasteiger partial charge in [-0.15, -0.1) is 0 Å². The van der Waals surface area contributed by atoms with Gasteiger partial charge in [-0.3, -0.25) is 24.6 Å². The van der Waals surface area contributed by atoms with E-state index in [9.17, 15) is 19.7 Å². The number of hydrogen-bond donors (Lipinski definition) is 1. The second kappa shape index (κ2) is 6.83. The Morgan fingerprint density at radius 1 is 1.27 bits per heavy atom. The minimum absolute atomic E-state index is 0.0652. The number of nitro benzene ring substituents is 1. The largest absolute Gasteiger partial charge is 0.479 e. The van der Waals surface area contributed by atoms with Gasteiger partial charge in [0, 0.05) is 17.8 Å². The van der Waals surface area contributed by atoms with Crippen LogP contribution in [-0.2, 0) is 9.59 Å². The van der Waals surface area contributed by atoms with Crippen molar-refractivity contribution >= 4 is 28.9 Å². The van der Waals surface area contributed by atoms with Crippen molar-refractivity contribution in [2.24, 2.45) is 0 Å². The first-order chi connectivity index (χ1) is 12.3. The fourth-order valence-electron chi connectivity index (χ4n) is 2.69. The quantitative estimate of drug-likeness (QED) is 0.671. The van der Waals surface area contributed by atoms with Crippen LogP contribution in [0.4, 0.5) is 17.1 Å². The lowest BCUT2D eigenvalue weighted by molar-refractivity contribution is -0.384. The molecule has 1 aliphatic heterocycles. The Labute approximate surface area is 149 Å². The molecule has 134 valence electrons. The molecule has 0 fully saturated rings. The molecule has 1 atom stereocenters. The number of amides is 2. The van der Waals surface area contributed by atoms with Gasteiger partial charge in [-0.2, -0.15) is 0 Å². The summed E-state index contributed by atoms with van der Waals surface area (Å²) in [5.41, 5.74) is 1.84. The molecule has 0 saturated heterocycles. The highest BCUT2D eigenvalue weighted by atomic mass is 16.6. The average molecular weight is 355 g/mol. The molecular weight excluding hydrogens is 338 g/mol. The normalized spacial score (nSPS) is 15.8. The number of nitrogens with zero attached hydrogens (tertiary/aromatic N) is 2. The highest BCUT2D eigenvalue weighted by Crippen LogP contribution is 2.34. The number of aryl methyl sites for hydroxylation is 1. The van der Waals surface area contributed by atoms with Gasteiger partial charge in [-0.1, -0.05) is 6.07 Å². The predicted molar refractivity (Wildman–Crippen MR) is 95.3 cm³/mol. The third kappa shape index (κ3) is 3.49. The van der Waals surface area contributed by atoms with Crippen LogP contribution < -0.4 is 15.0 Å². The Kier molecular flexibility index (Phi) is 4.57. The smallest absolute Gasteiger partial charge is 0.269 e. The van der Waals surface area contributed by atoms with Crippen LogP contribution in [-0.4, -0.2) is 29.4 Å². The van der Waals surface area contributed by atoms with Crippen molar-refractivity contribution in [2.45, 2.75) is 20.0 Å². The number of fused-ring (bicyclic) bond motifs is 1. The third-order valence-electron chi connectivity index (χ3n) is 3.99. The van der Waals surface area contributed by atoms with Gasteiger partial charge in [0.15, 0.2) is 6.10 Å². The van der Waals surface area contributed by atoms with Gasteiger partial charge in [-0.05, 0) is 43.7 Å². The summed E-state index contributed by atoms with van der Waals surface area (Å²) in [5, 5.41) is 13.3. The molecule has 0 aromatic heterocycles. The maximum Gasteiger partial charge on any atom is 0.269 e. The van der Waals surface area contributed by atoms with Gasteiger partial charge in [0.25, 0.3) is 11.6 Å². The zero-order valence-electron chi connectivity index (χ0n) is 14.3. The summed E-state index contributed by atoms with van der Waals surface area (Å²) >= 11 is 0. The molecule has 1 aliphatic rings. The lowest BCUT2D eigenvalue weighted by Gasteiger charge is -2.32. The molecule has 2 amide bonds. The van der Waals surface area contributed by atoms with Crippen molar-refractivity contribution in [1.29, 1.82) is 0 Å². The van der Waals surface area contributed by atoms with Crippen LogP contribution in [0.5, 0.6) is 5.75 Å². The number of hydrogen-bond acceptors (Lipinski definition) is 5. The van der Waals surface area contributed by atoms with Crippen molar-refractivity contribution in [3.8, 4) is 5.75 Å². The zero-order valence-corrected chi connectivity index (χ0v) is 14.3. The fourth-order valence-corrected chi connectivity index (χ4v) is 2.69. The highest BCUT2D eigenvalue weighted by Gasteiger charge is 2.32. The minimum Gasteiger partial charge on any atom is -0.479 e. The average Bonchev–Trinajstić information content (AvgIpc) is 2.60. The highest BCUT2D eigenvalue weighted by molar-refractivity contribution is 6.06. The molecule has 8 heteroatoms. The van der Waals surface area contributed by atoms with Crippen molar-refractivity contribution in [3.05, 3.63) is 58.1 Å². The number of nitro groups is 1. The fraction of sp³-hybridized carbons (Fsp3) is 0.222. The lowest BCUT2D eigenvalue weighted by atomic mass is 10.1. The van der Waals surface area contributed by atoms with E-state index in [0.29, 0.717) is 17.1 Å². The van der Waals surface area contributed by atoms with Crippen LogP contribution in [0, 0.1) is 17.0 Å². The number of benzene rings is 2. The standard InChI is InChI=1S/C18H17N3O5/c1-11-3-8-16-15(9-11)20(18(23)12(2)26-16)10-17(22)19-13-4-6-14(7-5-13)21(24)25/h3-9,12H,10H2,1-2H3,(H,19,22). The van der Waals surface area contributed by atoms with Crippen LogP contribution in [0.3, 0.4) is 0 Å². The number of anilines is 2. The Morgan fingerprint density at radius 2 is 1.96 bits per heavy atom. The maximum atomic E-state index is 12.5. The summed E-state index contributed by atoms with van der Waals surface area (Å²) in [7, 11) is 0. The summed E-state index contributed by atoms with van der Waals surface area (Å²) in [6, 6.07) is 10.9. The van der Waals surface area contributed by atoms with E-state index in [4.69, 9.17) is 4.74 Å². The summed E-state index contributed by atoms with van der Waals surface area (Å²) in [6.45, 7) is 3.34. The molecule has 0 radical (unpaired) electrons. The molecule has 0 spiro atoms. The van der Waals surface area contributed by atoms with Crippen molar-refractivity contribution in [2.75, 3.05) is 16.8 Å². The second-order valence-corrected chi connectivity index (χ2v) is 6.01. The Morgan fingerprint density at radius 3 is 2.62 bits per heavy atom. The number of nitrogens with one attached hydrogen (secondary N) is 1. The first kappa shape index (κ1) is 17.4. The van der Waals surface area contributed by atoms with Crippen LogP contribution in [0.1, 0.15) is 12.5 Å². The van der Waals surface area contributed by atoms with Crippen molar-refractivity contribution in [1.82, 2.24) is 0 Å². The van der Waals surface area contributed by atoms with Gasteiger partial charge in [0.1, 0.15) is 12.3 Å². The van der Waals surface area contributed by atoms with Crippen molar-refractivity contribution in [3.63, 3.8) is 0 Å². The van der Waals surface area contributed by atoms with Gasteiger partial charge in [0.2, 0.25) is 5.91 Å². The van der Waals surface area contributed by atoms with Crippen molar-refractivity contribution < 1.29 is 19.2 Å². The van der Waals surface area contributed by atoms with Gasteiger partial charge < -0.3 is 10.1 Å². The van der Waals surface area contributed by atoms with Gasteiger partial charge >= 0.3 is 0 Å². The van der Waals surface area contributed by atoms with E-state index >= 15 is 0 Å².